The van der Waals surface area contributed by atoms with E-state index in [1.807, 2.05) is 6.08 Å². The second-order valence-electron chi connectivity index (χ2n) is 10.4. The molecule has 0 spiro atoms. The molecule has 0 radical (unpaired) electrons. The minimum Gasteiger partial charge on any atom is -0.507 e. The average Bonchev–Trinajstić information content (AvgIpc) is 3.00. The molecule has 3 aliphatic rings. The monoisotopic (exact) mass is 428 g/mol. The number of hydrogen-bond donors (Lipinski definition) is 1. The van der Waals surface area contributed by atoms with Crippen molar-refractivity contribution in [1.29, 1.82) is 0 Å². The van der Waals surface area contributed by atoms with E-state index in [0.29, 0.717) is 35.1 Å². The average molecular weight is 429 g/mol. The van der Waals surface area contributed by atoms with Gasteiger partial charge >= 0.3 is 5.97 Å². The number of aryl methyl sites for hydroxylation is 1. The summed E-state index contributed by atoms with van der Waals surface area (Å²) in [6.45, 7) is 8.41. The molecule has 1 N–H and O–H groups in total. The van der Waals surface area contributed by atoms with E-state index in [1.165, 1.54) is 13.2 Å². The Labute approximate surface area is 183 Å². The molecular weight excluding hydrogens is 396 g/mol. The van der Waals surface area contributed by atoms with Gasteiger partial charge in [-0.05, 0) is 55.1 Å². The molecule has 5 atom stereocenters. The molecule has 5 unspecified atom stereocenters. The smallest absolute Gasteiger partial charge is 0.342 e. The van der Waals surface area contributed by atoms with Crippen molar-refractivity contribution in [2.75, 3.05) is 14.2 Å². The van der Waals surface area contributed by atoms with Gasteiger partial charge in [-0.3, -0.25) is 4.79 Å². The number of esters is 1. The molecule has 0 saturated heterocycles. The number of ether oxygens (including phenoxy) is 3. The second-order valence-corrected chi connectivity index (χ2v) is 10.4. The number of aldehydes is 1. The van der Waals surface area contributed by atoms with Crippen LogP contribution in [0.1, 0.15) is 56.0 Å². The molecular formula is C25H32O6. The van der Waals surface area contributed by atoms with Gasteiger partial charge in [0.15, 0.2) is 0 Å². The van der Waals surface area contributed by atoms with Crippen molar-refractivity contribution < 1.29 is 28.9 Å². The Morgan fingerprint density at radius 1 is 1.16 bits per heavy atom. The maximum atomic E-state index is 13.1. The molecule has 31 heavy (non-hydrogen) atoms. The molecule has 2 fully saturated rings. The van der Waals surface area contributed by atoms with Crippen LogP contribution in [0.15, 0.2) is 23.8 Å². The van der Waals surface area contributed by atoms with E-state index in [0.717, 1.165) is 19.1 Å². The van der Waals surface area contributed by atoms with Crippen LogP contribution in [0.5, 0.6) is 11.5 Å². The maximum absolute atomic E-state index is 13.1. The van der Waals surface area contributed by atoms with Crippen molar-refractivity contribution in [3.05, 3.63) is 34.9 Å². The number of fused-ring (bicyclic) bond motifs is 3. The van der Waals surface area contributed by atoms with Gasteiger partial charge in [-0.25, -0.2) is 4.79 Å². The lowest BCUT2D eigenvalue weighted by molar-refractivity contribution is -0.259. The quantitative estimate of drug-likeness (QED) is 0.559. The number of methoxy groups -OCH3 is 2. The van der Waals surface area contributed by atoms with Gasteiger partial charge in [-0.15, -0.1) is 0 Å². The van der Waals surface area contributed by atoms with Gasteiger partial charge in [0.05, 0.1) is 7.11 Å². The molecule has 1 aromatic rings. The van der Waals surface area contributed by atoms with Crippen molar-refractivity contribution in [2.45, 2.75) is 58.7 Å². The number of carbonyl (C=O) groups is 2. The highest BCUT2D eigenvalue weighted by Gasteiger charge is 2.73. The molecule has 0 aliphatic heterocycles. The topological polar surface area (TPSA) is 82.1 Å². The SMILES string of the molecule is COc1cc(C)c(C(=O)OC2CC3(C)C4CC(C)(C)CC4C=C(C=O)C23OC)c(O)c1. The maximum Gasteiger partial charge on any atom is 0.342 e. The van der Waals surface area contributed by atoms with E-state index in [4.69, 9.17) is 14.2 Å². The minimum atomic E-state index is -0.970. The van der Waals surface area contributed by atoms with Crippen LogP contribution >= 0.6 is 0 Å². The van der Waals surface area contributed by atoms with Gasteiger partial charge in [-0.1, -0.05) is 26.8 Å². The first-order valence-corrected chi connectivity index (χ1v) is 10.8. The highest BCUT2D eigenvalue weighted by Crippen LogP contribution is 2.69. The summed E-state index contributed by atoms with van der Waals surface area (Å²) in [5.41, 5.74) is 0.155. The van der Waals surface area contributed by atoms with Crippen molar-refractivity contribution in [3.63, 3.8) is 0 Å². The Balaban J connectivity index is 1.68. The zero-order valence-electron chi connectivity index (χ0n) is 19.2. The molecule has 6 nitrogen and oxygen atoms in total. The number of phenols is 1. The highest BCUT2D eigenvalue weighted by molar-refractivity contribution is 5.94. The van der Waals surface area contributed by atoms with Crippen LogP contribution in [0.2, 0.25) is 0 Å². The van der Waals surface area contributed by atoms with Crippen LogP contribution in [0.4, 0.5) is 0 Å². The molecule has 3 aliphatic carbocycles. The third-order valence-corrected chi connectivity index (χ3v) is 8.06. The fourth-order valence-corrected chi connectivity index (χ4v) is 6.74. The molecule has 0 bridgehead atoms. The Morgan fingerprint density at radius 2 is 1.87 bits per heavy atom. The zero-order valence-corrected chi connectivity index (χ0v) is 19.2. The predicted molar refractivity (Wildman–Crippen MR) is 115 cm³/mol. The van der Waals surface area contributed by atoms with E-state index in [-0.39, 0.29) is 22.1 Å². The summed E-state index contributed by atoms with van der Waals surface area (Å²) in [6.07, 6.45) is 5.00. The minimum absolute atomic E-state index is 0.105. The summed E-state index contributed by atoms with van der Waals surface area (Å²) < 4.78 is 17.1. The van der Waals surface area contributed by atoms with Crippen LogP contribution in [0.3, 0.4) is 0 Å². The van der Waals surface area contributed by atoms with Crippen LogP contribution in [0, 0.1) is 29.6 Å². The van der Waals surface area contributed by atoms with Crippen molar-refractivity contribution >= 4 is 12.3 Å². The Morgan fingerprint density at radius 3 is 2.45 bits per heavy atom. The van der Waals surface area contributed by atoms with Gasteiger partial charge < -0.3 is 19.3 Å². The molecule has 168 valence electrons. The zero-order chi connectivity index (χ0) is 22.8. The molecule has 0 amide bonds. The Bertz CT molecular complexity index is 940. The molecule has 2 saturated carbocycles. The molecule has 0 aromatic heterocycles. The number of allylic oxidation sites excluding steroid dienone is 1. The fraction of sp³-hybridized carbons (Fsp3) is 0.600. The van der Waals surface area contributed by atoms with Gasteiger partial charge in [0.1, 0.15) is 35.1 Å². The van der Waals surface area contributed by atoms with Gasteiger partial charge in [0.25, 0.3) is 0 Å². The molecule has 0 heterocycles. The summed E-state index contributed by atoms with van der Waals surface area (Å²) in [4.78, 5) is 25.2. The summed E-state index contributed by atoms with van der Waals surface area (Å²) in [5, 5.41) is 10.4. The van der Waals surface area contributed by atoms with E-state index in [1.54, 1.807) is 20.1 Å². The number of aromatic hydroxyl groups is 1. The standard InChI is InChI=1S/C25H32O6/c1-14-7-17(29-5)9-19(27)21(14)22(28)31-20-12-24(4)18-11-23(2,3)10-15(18)8-16(13-26)25(20,24)30-6/h7-9,13,15,18,20,27H,10-12H2,1-6H3. The van der Waals surface area contributed by atoms with E-state index < -0.39 is 17.7 Å². The lowest BCUT2D eigenvalue weighted by Crippen LogP contribution is -2.73. The third kappa shape index (κ3) is 2.94. The normalized spacial score (nSPS) is 35.3. The number of carbonyl (C=O) groups excluding carboxylic acids is 2. The predicted octanol–water partition coefficient (Wildman–Crippen LogP) is 4.22. The van der Waals surface area contributed by atoms with E-state index >= 15 is 0 Å². The summed E-state index contributed by atoms with van der Waals surface area (Å²) >= 11 is 0. The van der Waals surface area contributed by atoms with Crippen molar-refractivity contribution in [1.82, 2.24) is 0 Å². The van der Waals surface area contributed by atoms with Crippen LogP contribution in [-0.2, 0) is 14.3 Å². The van der Waals surface area contributed by atoms with Gasteiger partial charge in [0, 0.05) is 24.2 Å². The van der Waals surface area contributed by atoms with Crippen LogP contribution in [0.25, 0.3) is 0 Å². The Kier molecular flexibility index (Phi) is 5.00. The summed E-state index contributed by atoms with van der Waals surface area (Å²) in [7, 11) is 3.09. The second kappa shape index (κ2) is 7.09. The van der Waals surface area contributed by atoms with Gasteiger partial charge in [0.2, 0.25) is 0 Å². The molecule has 4 rings (SSSR count). The molecule has 6 heteroatoms. The first-order chi connectivity index (χ1) is 14.5. The number of phenolic OH excluding ortho intramolecular Hbond substituents is 1. The van der Waals surface area contributed by atoms with E-state index in [9.17, 15) is 14.7 Å². The number of hydrogen-bond acceptors (Lipinski definition) is 6. The van der Waals surface area contributed by atoms with Crippen LogP contribution in [-0.4, -0.2) is 43.3 Å². The fourth-order valence-electron chi connectivity index (χ4n) is 6.74. The summed E-state index contributed by atoms with van der Waals surface area (Å²) in [5.74, 6) is 0.331. The first kappa shape index (κ1) is 21.9. The van der Waals surface area contributed by atoms with E-state index in [2.05, 4.69) is 20.8 Å². The van der Waals surface area contributed by atoms with Crippen LogP contribution < -0.4 is 4.74 Å². The van der Waals surface area contributed by atoms with Gasteiger partial charge in [-0.2, -0.15) is 0 Å². The largest absolute Gasteiger partial charge is 0.507 e. The third-order valence-electron chi connectivity index (χ3n) is 8.06. The summed E-state index contributed by atoms with van der Waals surface area (Å²) in [6, 6.07) is 3.07. The highest BCUT2D eigenvalue weighted by atomic mass is 16.6. The Hall–Kier alpha value is -2.34. The molecule has 1 aromatic carbocycles. The number of rotatable bonds is 5. The first-order valence-electron chi connectivity index (χ1n) is 10.8. The lowest BCUT2D eigenvalue weighted by atomic mass is 9.44. The number of benzene rings is 1. The van der Waals surface area contributed by atoms with Crippen molar-refractivity contribution in [2.24, 2.45) is 22.7 Å². The van der Waals surface area contributed by atoms with Crippen molar-refractivity contribution in [3.8, 4) is 11.5 Å². The lowest BCUT2D eigenvalue weighted by Gasteiger charge is -2.66.